The van der Waals surface area contributed by atoms with E-state index in [4.69, 9.17) is 0 Å². The van der Waals surface area contributed by atoms with Crippen LogP contribution in [-0.2, 0) is 5.41 Å². The van der Waals surface area contributed by atoms with Gasteiger partial charge in [-0.05, 0) is 90.5 Å². The van der Waals surface area contributed by atoms with Crippen LogP contribution in [0.1, 0.15) is 25.0 Å². The molecule has 0 saturated heterocycles. The molecule has 0 fully saturated rings. The van der Waals surface area contributed by atoms with E-state index < -0.39 is 0 Å². The Morgan fingerprint density at radius 1 is 0.352 bits per heavy atom. The lowest BCUT2D eigenvalue weighted by atomic mass is 9.82. The summed E-state index contributed by atoms with van der Waals surface area (Å²) < 4.78 is 0. The molecule has 256 valence electrons. The van der Waals surface area contributed by atoms with Gasteiger partial charge in [0.1, 0.15) is 0 Å². The fourth-order valence-electron chi connectivity index (χ4n) is 8.91. The zero-order valence-corrected chi connectivity index (χ0v) is 30.5. The van der Waals surface area contributed by atoms with Crippen molar-refractivity contribution in [3.63, 3.8) is 0 Å². The van der Waals surface area contributed by atoms with Gasteiger partial charge >= 0.3 is 0 Å². The van der Waals surface area contributed by atoms with Crippen molar-refractivity contribution in [1.82, 2.24) is 0 Å². The Hall–Kier alpha value is -6.70. The average Bonchev–Trinajstić information content (AvgIpc) is 3.47. The third-order valence-electron chi connectivity index (χ3n) is 11.5. The first-order chi connectivity index (χ1) is 26.6. The number of hydrogen-bond acceptors (Lipinski definition) is 1. The van der Waals surface area contributed by atoms with Gasteiger partial charge in [-0.1, -0.05) is 190 Å². The van der Waals surface area contributed by atoms with E-state index in [-0.39, 0.29) is 5.41 Å². The number of fused-ring (bicyclic) bond motifs is 6. The number of hydrogen-bond donors (Lipinski definition) is 0. The van der Waals surface area contributed by atoms with Crippen LogP contribution in [0, 0.1) is 0 Å². The first-order valence-corrected chi connectivity index (χ1v) is 18.9. The summed E-state index contributed by atoms with van der Waals surface area (Å²) in [5.41, 5.74) is 15.9. The maximum atomic E-state index is 2.53. The highest BCUT2D eigenvalue weighted by Gasteiger charge is 2.36. The average molecular weight is 690 g/mol. The highest BCUT2D eigenvalue weighted by Crippen LogP contribution is 2.53. The van der Waals surface area contributed by atoms with Crippen molar-refractivity contribution in [2.45, 2.75) is 19.3 Å². The van der Waals surface area contributed by atoms with Gasteiger partial charge in [-0.15, -0.1) is 0 Å². The van der Waals surface area contributed by atoms with Gasteiger partial charge in [0.05, 0.1) is 11.4 Å². The summed E-state index contributed by atoms with van der Waals surface area (Å²) in [6, 6.07) is 73.6. The van der Waals surface area contributed by atoms with Crippen molar-refractivity contribution < 1.29 is 0 Å². The fourth-order valence-corrected chi connectivity index (χ4v) is 8.91. The van der Waals surface area contributed by atoms with Crippen LogP contribution in [0.4, 0.5) is 17.1 Å². The van der Waals surface area contributed by atoms with Crippen LogP contribution in [0.15, 0.2) is 200 Å². The minimum absolute atomic E-state index is 0.0854. The summed E-state index contributed by atoms with van der Waals surface area (Å²) in [5.74, 6) is 0. The highest BCUT2D eigenvalue weighted by molar-refractivity contribution is 6.15. The van der Waals surface area contributed by atoms with E-state index in [1.165, 1.54) is 77.2 Å². The molecule has 0 radical (unpaired) electrons. The van der Waals surface area contributed by atoms with Gasteiger partial charge in [0.25, 0.3) is 0 Å². The lowest BCUT2D eigenvalue weighted by molar-refractivity contribution is 0.660. The van der Waals surface area contributed by atoms with Gasteiger partial charge in [0, 0.05) is 22.1 Å². The number of anilines is 3. The third-order valence-corrected chi connectivity index (χ3v) is 11.5. The van der Waals surface area contributed by atoms with Crippen molar-refractivity contribution in [1.29, 1.82) is 0 Å². The van der Waals surface area contributed by atoms with E-state index in [0.29, 0.717) is 0 Å². The molecule has 0 aliphatic heterocycles. The lowest BCUT2D eigenvalue weighted by Crippen LogP contribution is -2.16. The molecule has 0 saturated carbocycles. The molecule has 0 bridgehead atoms. The number of benzene rings is 9. The van der Waals surface area contributed by atoms with E-state index in [0.717, 1.165) is 17.1 Å². The molecule has 0 amide bonds. The normalized spacial score (nSPS) is 12.8. The van der Waals surface area contributed by atoms with Crippen molar-refractivity contribution in [2.24, 2.45) is 0 Å². The van der Waals surface area contributed by atoms with E-state index >= 15 is 0 Å². The monoisotopic (exact) mass is 689 g/mol. The zero-order chi connectivity index (χ0) is 36.2. The Bertz CT molecular complexity index is 2850. The Kier molecular flexibility index (Phi) is 7.56. The molecule has 0 unspecified atom stereocenters. The lowest BCUT2D eigenvalue weighted by Gasteiger charge is -2.32. The maximum absolute atomic E-state index is 2.53. The van der Waals surface area contributed by atoms with Gasteiger partial charge in [0.15, 0.2) is 0 Å². The van der Waals surface area contributed by atoms with Crippen molar-refractivity contribution in [2.75, 3.05) is 4.90 Å². The number of rotatable bonds is 6. The SMILES string of the molecule is CC1(C)c2ccccc2-c2cc(N(c3cccc(-c4ccccc4)c3-c3ccccc3-c3ccccc3)c3cc4ccccc4c4ccccc34)ccc21. The molecule has 0 atom stereocenters. The molecule has 0 aromatic heterocycles. The number of nitrogens with zero attached hydrogens (tertiary/aromatic N) is 1. The van der Waals surface area contributed by atoms with E-state index in [1.54, 1.807) is 0 Å². The minimum atomic E-state index is -0.0854. The van der Waals surface area contributed by atoms with Crippen molar-refractivity contribution in [3.05, 3.63) is 211 Å². The largest absolute Gasteiger partial charge is 0.309 e. The third kappa shape index (κ3) is 5.08. The first-order valence-electron chi connectivity index (χ1n) is 18.9. The summed E-state index contributed by atoms with van der Waals surface area (Å²) >= 11 is 0. The zero-order valence-electron chi connectivity index (χ0n) is 30.5. The first kappa shape index (κ1) is 32.0. The second kappa shape index (κ2) is 12.8. The van der Waals surface area contributed by atoms with Gasteiger partial charge in [-0.2, -0.15) is 0 Å². The molecule has 1 aliphatic rings. The molecule has 0 spiro atoms. The van der Waals surface area contributed by atoms with Gasteiger partial charge in [-0.3, -0.25) is 0 Å². The van der Waals surface area contributed by atoms with Crippen LogP contribution in [0.2, 0.25) is 0 Å². The van der Waals surface area contributed by atoms with Gasteiger partial charge in [-0.25, -0.2) is 0 Å². The molecule has 1 heteroatoms. The molecule has 10 rings (SSSR count). The maximum Gasteiger partial charge on any atom is 0.0546 e. The minimum Gasteiger partial charge on any atom is -0.309 e. The van der Waals surface area contributed by atoms with E-state index in [2.05, 4.69) is 219 Å². The van der Waals surface area contributed by atoms with Crippen LogP contribution in [-0.4, -0.2) is 0 Å². The molecule has 9 aromatic carbocycles. The standard InChI is InChI=1S/C53H39N/c1-53(2)48-30-16-15-26-44(48)47-35-39(32-33-49(47)53)54(51-34-38-22-9-10-24-41(38)43-25-12-13-27-45(43)51)50-31-17-29-42(37-20-7-4-8-21-37)52(50)46-28-14-11-23-40(46)36-18-5-3-6-19-36/h3-35H,1-2H3. The summed E-state index contributed by atoms with van der Waals surface area (Å²) in [4.78, 5) is 2.53. The quantitative estimate of drug-likeness (QED) is 0.157. The van der Waals surface area contributed by atoms with Crippen LogP contribution in [0.5, 0.6) is 0 Å². The Balaban J connectivity index is 1.34. The molecular weight excluding hydrogens is 651 g/mol. The topological polar surface area (TPSA) is 3.24 Å². The van der Waals surface area contributed by atoms with Crippen LogP contribution >= 0.6 is 0 Å². The molecule has 0 N–H and O–H groups in total. The Morgan fingerprint density at radius 3 is 1.67 bits per heavy atom. The Labute approximate surface area is 317 Å². The Morgan fingerprint density at radius 2 is 0.907 bits per heavy atom. The van der Waals surface area contributed by atoms with Crippen LogP contribution in [0.25, 0.3) is 66.1 Å². The van der Waals surface area contributed by atoms with Crippen LogP contribution in [0.3, 0.4) is 0 Å². The van der Waals surface area contributed by atoms with Crippen LogP contribution < -0.4 is 4.90 Å². The predicted molar refractivity (Wildman–Crippen MR) is 230 cm³/mol. The second-order valence-corrected chi connectivity index (χ2v) is 14.9. The molecule has 0 heterocycles. The molecular formula is C53H39N. The summed E-state index contributed by atoms with van der Waals surface area (Å²) in [7, 11) is 0. The van der Waals surface area contributed by atoms with Crippen molar-refractivity contribution >= 4 is 38.6 Å². The highest BCUT2D eigenvalue weighted by atomic mass is 15.1. The molecule has 54 heavy (non-hydrogen) atoms. The van der Waals surface area contributed by atoms with Gasteiger partial charge in [0.2, 0.25) is 0 Å². The molecule has 1 aliphatic carbocycles. The summed E-state index contributed by atoms with van der Waals surface area (Å²) in [6.07, 6.45) is 0. The van der Waals surface area contributed by atoms with E-state index in [1.807, 2.05) is 0 Å². The smallest absolute Gasteiger partial charge is 0.0546 e. The second-order valence-electron chi connectivity index (χ2n) is 14.9. The molecule has 9 aromatic rings. The predicted octanol–water partition coefficient (Wildman–Crippen LogP) is 14.8. The molecule has 1 nitrogen and oxygen atoms in total. The summed E-state index contributed by atoms with van der Waals surface area (Å²) in [6.45, 7) is 4.71. The van der Waals surface area contributed by atoms with E-state index in [9.17, 15) is 0 Å². The van der Waals surface area contributed by atoms with Gasteiger partial charge < -0.3 is 4.90 Å². The van der Waals surface area contributed by atoms with Crippen molar-refractivity contribution in [3.8, 4) is 44.5 Å². The summed E-state index contributed by atoms with van der Waals surface area (Å²) in [5, 5.41) is 4.93. The fraction of sp³-hybridized carbons (Fsp3) is 0.0566.